The number of nitrogens with zero attached hydrogens (tertiary/aromatic N) is 4. The molecule has 2 saturated heterocycles. The van der Waals surface area contributed by atoms with Crippen molar-refractivity contribution < 1.29 is 9.18 Å². The van der Waals surface area contributed by atoms with Crippen molar-refractivity contribution in [2.75, 3.05) is 36.0 Å². The number of carbonyl (C=O) groups is 1. The Morgan fingerprint density at radius 2 is 2.04 bits per heavy atom. The second-order valence-corrected chi connectivity index (χ2v) is 7.35. The molecule has 0 saturated carbocycles. The first kappa shape index (κ1) is 15.6. The van der Waals surface area contributed by atoms with E-state index >= 15 is 0 Å². The number of aromatic nitrogens is 2. The van der Waals surface area contributed by atoms with E-state index in [-0.39, 0.29) is 17.8 Å². The number of rotatable bonds is 2. The average molecular weight is 346 g/mol. The van der Waals surface area contributed by atoms with Gasteiger partial charge in [-0.25, -0.2) is 14.4 Å². The molecule has 0 radical (unpaired) electrons. The average Bonchev–Trinajstić information content (AvgIpc) is 3.11. The molecule has 24 heavy (non-hydrogen) atoms. The SMILES string of the molecule is O=C([C@@H]1CCCN1c1ncnc2cccc(F)c12)N1CCSCC1. The molecule has 0 unspecified atom stereocenters. The molecular weight excluding hydrogens is 327 g/mol. The van der Waals surface area contributed by atoms with Gasteiger partial charge in [0.15, 0.2) is 0 Å². The number of anilines is 1. The molecule has 5 nitrogen and oxygen atoms in total. The molecule has 3 heterocycles. The molecule has 0 N–H and O–H groups in total. The van der Waals surface area contributed by atoms with E-state index < -0.39 is 0 Å². The van der Waals surface area contributed by atoms with Crippen molar-refractivity contribution in [1.29, 1.82) is 0 Å². The topological polar surface area (TPSA) is 49.3 Å². The Labute approximate surface area is 144 Å². The van der Waals surface area contributed by atoms with E-state index in [1.165, 1.54) is 12.4 Å². The summed E-state index contributed by atoms with van der Waals surface area (Å²) in [6.45, 7) is 2.32. The summed E-state index contributed by atoms with van der Waals surface area (Å²) in [5.74, 6) is 2.33. The first-order valence-electron chi connectivity index (χ1n) is 8.28. The van der Waals surface area contributed by atoms with Crippen LogP contribution in [-0.2, 0) is 4.79 Å². The molecule has 1 aromatic carbocycles. The fourth-order valence-electron chi connectivity index (χ4n) is 3.54. The minimum atomic E-state index is -0.337. The number of benzene rings is 1. The van der Waals surface area contributed by atoms with Gasteiger partial charge in [0.1, 0.15) is 24.0 Å². The van der Waals surface area contributed by atoms with E-state index in [1.54, 1.807) is 12.1 Å². The van der Waals surface area contributed by atoms with Crippen LogP contribution in [0.2, 0.25) is 0 Å². The van der Waals surface area contributed by atoms with Gasteiger partial charge in [-0.05, 0) is 25.0 Å². The molecule has 2 fully saturated rings. The quantitative estimate of drug-likeness (QED) is 0.835. The normalized spacial score (nSPS) is 21.5. The molecule has 0 bridgehead atoms. The monoisotopic (exact) mass is 346 g/mol. The van der Waals surface area contributed by atoms with Crippen LogP contribution in [0.1, 0.15) is 12.8 Å². The summed E-state index contributed by atoms with van der Waals surface area (Å²) < 4.78 is 14.4. The lowest BCUT2D eigenvalue weighted by molar-refractivity contribution is -0.132. The summed E-state index contributed by atoms with van der Waals surface area (Å²) in [7, 11) is 0. The van der Waals surface area contributed by atoms with Gasteiger partial charge < -0.3 is 9.80 Å². The highest BCUT2D eigenvalue weighted by molar-refractivity contribution is 7.99. The van der Waals surface area contributed by atoms with Crippen molar-refractivity contribution in [2.24, 2.45) is 0 Å². The molecule has 2 aromatic rings. The second-order valence-electron chi connectivity index (χ2n) is 6.12. The van der Waals surface area contributed by atoms with Crippen molar-refractivity contribution in [3.05, 3.63) is 30.3 Å². The molecule has 4 rings (SSSR count). The summed E-state index contributed by atoms with van der Waals surface area (Å²) >= 11 is 1.88. The van der Waals surface area contributed by atoms with E-state index in [4.69, 9.17) is 0 Å². The van der Waals surface area contributed by atoms with Gasteiger partial charge in [0, 0.05) is 31.1 Å². The second kappa shape index (κ2) is 6.55. The van der Waals surface area contributed by atoms with Crippen molar-refractivity contribution in [2.45, 2.75) is 18.9 Å². The third-order valence-electron chi connectivity index (χ3n) is 4.72. The van der Waals surface area contributed by atoms with Crippen LogP contribution in [-0.4, -0.2) is 58.0 Å². The van der Waals surface area contributed by atoms with Gasteiger partial charge in [-0.3, -0.25) is 4.79 Å². The van der Waals surface area contributed by atoms with E-state index in [2.05, 4.69) is 9.97 Å². The summed E-state index contributed by atoms with van der Waals surface area (Å²) in [4.78, 5) is 25.3. The number of carbonyl (C=O) groups excluding carboxylic acids is 1. The Kier molecular flexibility index (Phi) is 4.26. The predicted octanol–water partition coefficient (Wildman–Crippen LogP) is 2.31. The van der Waals surface area contributed by atoms with Crippen LogP contribution < -0.4 is 4.90 Å². The van der Waals surface area contributed by atoms with Crippen LogP contribution >= 0.6 is 11.8 Å². The standard InChI is InChI=1S/C17H19FN4OS/c18-12-3-1-4-13-15(12)16(20-11-19-13)22-6-2-5-14(22)17(23)21-7-9-24-10-8-21/h1,3-4,11,14H,2,5-10H2/t14-/m0/s1. The highest BCUT2D eigenvalue weighted by atomic mass is 32.2. The van der Waals surface area contributed by atoms with Crippen molar-refractivity contribution >= 4 is 34.4 Å². The Morgan fingerprint density at radius 1 is 1.21 bits per heavy atom. The molecular formula is C17H19FN4OS. The Bertz CT molecular complexity index is 760. The maximum absolute atomic E-state index is 14.4. The molecule has 2 aliphatic heterocycles. The Morgan fingerprint density at radius 3 is 2.88 bits per heavy atom. The third-order valence-corrected chi connectivity index (χ3v) is 5.67. The van der Waals surface area contributed by atoms with E-state index in [0.717, 1.165) is 44.0 Å². The molecule has 0 aliphatic carbocycles. The maximum atomic E-state index is 14.4. The molecule has 2 aliphatic rings. The first-order valence-corrected chi connectivity index (χ1v) is 9.43. The van der Waals surface area contributed by atoms with Crippen LogP contribution in [0.5, 0.6) is 0 Å². The smallest absolute Gasteiger partial charge is 0.245 e. The fourth-order valence-corrected chi connectivity index (χ4v) is 4.44. The number of hydrogen-bond donors (Lipinski definition) is 0. The zero-order chi connectivity index (χ0) is 16.5. The highest BCUT2D eigenvalue weighted by Gasteiger charge is 2.36. The van der Waals surface area contributed by atoms with E-state index in [1.807, 2.05) is 21.6 Å². The molecule has 1 atom stereocenters. The van der Waals surface area contributed by atoms with Gasteiger partial charge in [-0.2, -0.15) is 11.8 Å². The molecule has 1 amide bonds. The van der Waals surface area contributed by atoms with Crippen LogP contribution in [0.25, 0.3) is 10.9 Å². The van der Waals surface area contributed by atoms with Gasteiger partial charge in [-0.15, -0.1) is 0 Å². The summed E-state index contributed by atoms with van der Waals surface area (Å²) in [5, 5.41) is 0.411. The van der Waals surface area contributed by atoms with Crippen LogP contribution in [0, 0.1) is 5.82 Å². The van der Waals surface area contributed by atoms with Crippen LogP contribution in [0.15, 0.2) is 24.5 Å². The summed E-state index contributed by atoms with van der Waals surface area (Å²) in [6.07, 6.45) is 3.16. The summed E-state index contributed by atoms with van der Waals surface area (Å²) in [6, 6.07) is 4.60. The number of amides is 1. The zero-order valence-electron chi connectivity index (χ0n) is 13.3. The minimum absolute atomic E-state index is 0.149. The number of halogens is 1. The molecule has 0 spiro atoms. The van der Waals surface area contributed by atoms with Gasteiger partial charge in [0.25, 0.3) is 0 Å². The van der Waals surface area contributed by atoms with E-state index in [0.29, 0.717) is 16.7 Å². The first-order chi connectivity index (χ1) is 11.8. The Balaban J connectivity index is 1.69. The molecule has 1 aromatic heterocycles. The van der Waals surface area contributed by atoms with Gasteiger partial charge in [0.05, 0.1) is 10.9 Å². The number of hydrogen-bond acceptors (Lipinski definition) is 5. The van der Waals surface area contributed by atoms with Crippen molar-refractivity contribution in [3.63, 3.8) is 0 Å². The minimum Gasteiger partial charge on any atom is -0.344 e. The van der Waals surface area contributed by atoms with Crippen LogP contribution in [0.4, 0.5) is 10.2 Å². The third kappa shape index (κ3) is 2.70. The van der Waals surface area contributed by atoms with Gasteiger partial charge >= 0.3 is 0 Å². The van der Waals surface area contributed by atoms with Crippen molar-refractivity contribution in [3.8, 4) is 0 Å². The lowest BCUT2D eigenvalue weighted by Gasteiger charge is -2.33. The zero-order valence-corrected chi connectivity index (χ0v) is 14.1. The Hall–Kier alpha value is -1.89. The van der Waals surface area contributed by atoms with E-state index in [9.17, 15) is 9.18 Å². The maximum Gasteiger partial charge on any atom is 0.245 e. The molecule has 7 heteroatoms. The highest BCUT2D eigenvalue weighted by Crippen LogP contribution is 2.32. The lowest BCUT2D eigenvalue weighted by atomic mass is 10.1. The lowest BCUT2D eigenvalue weighted by Crippen LogP contribution is -2.48. The van der Waals surface area contributed by atoms with Crippen molar-refractivity contribution in [1.82, 2.24) is 14.9 Å². The number of fused-ring (bicyclic) bond motifs is 1. The van der Waals surface area contributed by atoms with Gasteiger partial charge in [-0.1, -0.05) is 6.07 Å². The largest absolute Gasteiger partial charge is 0.344 e. The summed E-state index contributed by atoms with van der Waals surface area (Å²) in [5.41, 5.74) is 0.576. The predicted molar refractivity (Wildman–Crippen MR) is 93.8 cm³/mol. The van der Waals surface area contributed by atoms with Gasteiger partial charge in [0.2, 0.25) is 5.91 Å². The fraction of sp³-hybridized carbons (Fsp3) is 0.471. The molecule has 126 valence electrons. The number of thioether (sulfide) groups is 1. The van der Waals surface area contributed by atoms with Crippen LogP contribution in [0.3, 0.4) is 0 Å².